The maximum Gasteiger partial charge on any atom is 0.668 e. The van der Waals surface area contributed by atoms with Gasteiger partial charge in [-0.05, 0) is 26.8 Å². The third-order valence-corrected chi connectivity index (χ3v) is 7.19. The average molecular weight is 281 g/mol. The Bertz CT molecular complexity index is 153. The molecule has 0 saturated heterocycles. The molecule has 0 radical (unpaired) electrons. The van der Waals surface area contributed by atoms with Crippen LogP contribution in [0.5, 0.6) is 0 Å². The van der Waals surface area contributed by atoms with Gasteiger partial charge in [0.2, 0.25) is 0 Å². The summed E-state index contributed by atoms with van der Waals surface area (Å²) in [6, 6.07) is 1.18. The van der Waals surface area contributed by atoms with Crippen LogP contribution in [0.25, 0.3) is 0 Å². The normalized spacial score (nSPS) is 12.7. The Balaban J connectivity index is 4.05. The van der Waals surface area contributed by atoms with Gasteiger partial charge in [0.1, 0.15) is 0 Å². The van der Waals surface area contributed by atoms with Gasteiger partial charge >= 0.3 is 9.05 Å². The van der Waals surface area contributed by atoms with E-state index in [0.29, 0.717) is 19.8 Å². The third kappa shape index (κ3) is 8.07. The van der Waals surface area contributed by atoms with Gasteiger partial charge in [0.05, 0.1) is 0 Å². The first-order valence-electron chi connectivity index (χ1n) is 6.80. The molecule has 0 aromatic carbocycles. The summed E-state index contributed by atoms with van der Waals surface area (Å²) in [7, 11) is -3.38. The van der Waals surface area contributed by atoms with E-state index in [1.54, 1.807) is 0 Å². The highest BCUT2D eigenvalue weighted by Gasteiger charge is 2.43. The molecular formula is C11H28O4Si2. The molecule has 0 unspecified atom stereocenters. The van der Waals surface area contributed by atoms with Gasteiger partial charge in [0, 0.05) is 19.8 Å². The molecule has 0 spiro atoms. The molecule has 0 rings (SSSR count). The minimum atomic E-state index is -2.79. The maximum atomic E-state index is 5.91. The van der Waals surface area contributed by atoms with Gasteiger partial charge in [-0.2, -0.15) is 0 Å². The van der Waals surface area contributed by atoms with Crippen molar-refractivity contribution in [2.45, 2.75) is 53.0 Å². The van der Waals surface area contributed by atoms with Gasteiger partial charge in [0.25, 0.3) is 0 Å². The second kappa shape index (κ2) is 11.4. The van der Waals surface area contributed by atoms with Gasteiger partial charge in [-0.25, -0.2) is 0 Å². The van der Waals surface area contributed by atoms with Gasteiger partial charge in [-0.3, -0.25) is 0 Å². The number of hydrogen-bond donors (Lipinski definition) is 0. The lowest BCUT2D eigenvalue weighted by Gasteiger charge is -2.27. The monoisotopic (exact) mass is 280 g/mol. The van der Waals surface area contributed by atoms with Crippen LogP contribution in [0, 0.1) is 0 Å². The summed E-state index contributed by atoms with van der Waals surface area (Å²) in [4.78, 5) is 0. The van der Waals surface area contributed by atoms with Crippen LogP contribution >= 0.6 is 0 Å². The van der Waals surface area contributed by atoms with E-state index < -0.39 is 18.8 Å². The molecule has 0 saturated carbocycles. The molecule has 0 fully saturated rings. The fourth-order valence-corrected chi connectivity index (χ4v) is 5.95. The van der Waals surface area contributed by atoms with E-state index in [1.807, 2.05) is 20.8 Å². The number of unbranched alkanes of at least 4 members (excludes halogenated alkanes) is 2. The zero-order valence-electron chi connectivity index (χ0n) is 11.8. The largest absolute Gasteiger partial charge is 0.668 e. The Morgan fingerprint density at radius 2 is 1.35 bits per heavy atom. The van der Waals surface area contributed by atoms with Crippen LogP contribution in [-0.4, -0.2) is 38.6 Å². The predicted octanol–water partition coefficient (Wildman–Crippen LogP) is 2.24. The van der Waals surface area contributed by atoms with Crippen LogP contribution in [0.4, 0.5) is 0 Å². The van der Waals surface area contributed by atoms with Crippen molar-refractivity contribution in [2.75, 3.05) is 19.8 Å². The Morgan fingerprint density at radius 3 is 1.76 bits per heavy atom. The molecule has 0 aromatic heterocycles. The zero-order chi connectivity index (χ0) is 13.0. The Morgan fingerprint density at radius 1 is 0.824 bits per heavy atom. The van der Waals surface area contributed by atoms with Crippen LogP contribution < -0.4 is 0 Å². The Hall–Kier alpha value is 0.274. The van der Waals surface area contributed by atoms with E-state index in [9.17, 15) is 0 Å². The van der Waals surface area contributed by atoms with Crippen LogP contribution in [0.3, 0.4) is 0 Å². The van der Waals surface area contributed by atoms with E-state index in [-0.39, 0.29) is 0 Å². The molecule has 0 aromatic rings. The maximum absolute atomic E-state index is 5.91. The second-order valence-corrected chi connectivity index (χ2v) is 7.84. The third-order valence-electron chi connectivity index (χ3n) is 2.24. The van der Waals surface area contributed by atoms with E-state index in [4.69, 9.17) is 17.4 Å². The molecule has 0 aliphatic heterocycles. The predicted molar refractivity (Wildman–Crippen MR) is 74.6 cm³/mol. The summed E-state index contributed by atoms with van der Waals surface area (Å²) in [5, 5.41) is 0. The summed E-state index contributed by atoms with van der Waals surface area (Å²) in [6.45, 7) is 9.79. The molecule has 0 heterocycles. The minimum absolute atomic E-state index is 0.579. The van der Waals surface area contributed by atoms with Crippen LogP contribution in [0.2, 0.25) is 6.04 Å². The van der Waals surface area contributed by atoms with Crippen molar-refractivity contribution in [2.24, 2.45) is 0 Å². The van der Waals surface area contributed by atoms with Crippen molar-refractivity contribution in [3.05, 3.63) is 0 Å². The van der Waals surface area contributed by atoms with E-state index in [1.165, 1.54) is 25.3 Å². The fourth-order valence-electron chi connectivity index (χ4n) is 1.51. The molecule has 0 atom stereocenters. The quantitative estimate of drug-likeness (QED) is 0.406. The highest BCUT2D eigenvalue weighted by molar-refractivity contribution is 6.60. The van der Waals surface area contributed by atoms with E-state index in [2.05, 4.69) is 6.92 Å². The van der Waals surface area contributed by atoms with Crippen molar-refractivity contribution in [1.82, 2.24) is 0 Å². The van der Waals surface area contributed by atoms with Gasteiger partial charge in [-0.1, -0.05) is 26.2 Å². The minimum Gasteiger partial charge on any atom is -0.400 e. The topological polar surface area (TPSA) is 36.9 Å². The highest BCUT2D eigenvalue weighted by atomic mass is 28.4. The van der Waals surface area contributed by atoms with Gasteiger partial charge in [0.15, 0.2) is 9.76 Å². The van der Waals surface area contributed by atoms with Crippen LogP contribution in [0.1, 0.15) is 47.0 Å². The molecule has 0 aliphatic carbocycles. The van der Waals surface area contributed by atoms with Crippen molar-refractivity contribution < 1.29 is 17.4 Å². The molecule has 17 heavy (non-hydrogen) atoms. The molecule has 0 N–H and O–H groups in total. The molecular weight excluding hydrogens is 252 g/mol. The Kier molecular flexibility index (Phi) is 11.6. The molecule has 6 heteroatoms. The standard InChI is InChI=1S/C11H28O4Si2/c1-5-9-10-11-16-15-17(12-6-2,13-7-3)14-8-4/h5-11,16H2,1-4H3. The fraction of sp³-hybridized carbons (Fsp3) is 1.00. The molecule has 0 bridgehead atoms. The van der Waals surface area contributed by atoms with Crippen molar-refractivity contribution in [1.29, 1.82) is 0 Å². The van der Waals surface area contributed by atoms with Crippen molar-refractivity contribution in [3.8, 4) is 0 Å². The zero-order valence-corrected chi connectivity index (χ0v) is 14.2. The summed E-state index contributed by atoms with van der Waals surface area (Å²) in [5.41, 5.74) is 0. The average Bonchev–Trinajstić information content (AvgIpc) is 2.30. The molecule has 4 nitrogen and oxygen atoms in total. The highest BCUT2D eigenvalue weighted by Crippen LogP contribution is 2.12. The van der Waals surface area contributed by atoms with E-state index >= 15 is 0 Å². The van der Waals surface area contributed by atoms with Gasteiger partial charge in [-0.15, -0.1) is 0 Å². The summed E-state index contributed by atoms with van der Waals surface area (Å²) >= 11 is 0. The lowest BCUT2D eigenvalue weighted by Crippen LogP contribution is -2.50. The Labute approximate surface area is 109 Å². The van der Waals surface area contributed by atoms with Crippen LogP contribution in [-0.2, 0) is 17.4 Å². The SMILES string of the molecule is CCCCC[SiH2]O[Si](OCC)(OCC)OCC. The first kappa shape index (κ1) is 17.3. The van der Waals surface area contributed by atoms with Crippen molar-refractivity contribution in [3.63, 3.8) is 0 Å². The number of hydrogen-bond acceptors (Lipinski definition) is 4. The summed E-state index contributed by atoms with van der Waals surface area (Å²) in [6.07, 6.45) is 3.78. The van der Waals surface area contributed by atoms with Gasteiger partial charge < -0.3 is 17.4 Å². The first-order valence-corrected chi connectivity index (χ1v) is 10.0. The van der Waals surface area contributed by atoms with E-state index in [0.717, 1.165) is 0 Å². The second-order valence-electron chi connectivity index (χ2n) is 3.71. The lowest BCUT2D eigenvalue weighted by atomic mass is 10.3. The molecule has 0 amide bonds. The van der Waals surface area contributed by atoms with Crippen LogP contribution in [0.15, 0.2) is 0 Å². The summed E-state index contributed by atoms with van der Waals surface area (Å²) in [5.74, 6) is 0. The smallest absolute Gasteiger partial charge is 0.400 e. The summed E-state index contributed by atoms with van der Waals surface area (Å²) < 4.78 is 22.8. The molecule has 0 aliphatic rings. The lowest BCUT2D eigenvalue weighted by molar-refractivity contribution is 0.0105. The van der Waals surface area contributed by atoms with Crippen molar-refractivity contribution >= 4 is 18.8 Å². The first-order chi connectivity index (χ1) is 8.24. The molecule has 104 valence electrons. The number of rotatable bonds is 12.